The van der Waals surface area contributed by atoms with Gasteiger partial charge in [0, 0.05) is 23.3 Å². The average molecular weight is 394 g/mol. The quantitative estimate of drug-likeness (QED) is 0.553. The number of carbonyl (C=O) groups is 1. The van der Waals surface area contributed by atoms with E-state index in [4.69, 9.17) is 9.47 Å². The molecule has 0 saturated heterocycles. The van der Waals surface area contributed by atoms with Crippen molar-refractivity contribution in [2.75, 3.05) is 19.5 Å². The van der Waals surface area contributed by atoms with Gasteiger partial charge in [-0.1, -0.05) is 0 Å². The van der Waals surface area contributed by atoms with Gasteiger partial charge in [-0.25, -0.2) is 9.97 Å². The summed E-state index contributed by atoms with van der Waals surface area (Å²) >= 11 is 1.34. The van der Waals surface area contributed by atoms with Crippen LogP contribution in [0.2, 0.25) is 0 Å². The first-order valence-electron chi connectivity index (χ1n) is 8.52. The zero-order valence-electron chi connectivity index (χ0n) is 15.6. The zero-order chi connectivity index (χ0) is 19.7. The summed E-state index contributed by atoms with van der Waals surface area (Å²) in [4.78, 5) is 21.5. The van der Waals surface area contributed by atoms with Gasteiger partial charge in [0.05, 0.1) is 19.9 Å². The van der Waals surface area contributed by atoms with Crippen LogP contribution >= 0.6 is 11.3 Å². The van der Waals surface area contributed by atoms with Crippen LogP contribution in [-0.2, 0) is 0 Å². The highest BCUT2D eigenvalue weighted by Crippen LogP contribution is 2.35. The minimum Gasteiger partial charge on any atom is -0.497 e. The largest absolute Gasteiger partial charge is 0.497 e. The average Bonchev–Trinajstić information content (AvgIpc) is 3.34. The second-order valence-electron chi connectivity index (χ2n) is 6.15. The van der Waals surface area contributed by atoms with Crippen molar-refractivity contribution < 1.29 is 14.3 Å². The Kier molecular flexibility index (Phi) is 4.70. The predicted octanol–water partition coefficient (Wildman–Crippen LogP) is 4.04. The molecule has 3 heterocycles. The number of nitrogens with one attached hydrogen (secondary N) is 1. The van der Waals surface area contributed by atoms with E-state index in [1.165, 1.54) is 11.3 Å². The maximum Gasteiger partial charge on any atom is 0.277 e. The molecule has 4 rings (SSSR count). The number of amides is 1. The normalized spacial score (nSPS) is 10.8. The summed E-state index contributed by atoms with van der Waals surface area (Å²) in [5, 5.41) is 5.16. The first-order valence-corrected chi connectivity index (χ1v) is 9.40. The number of benzene rings is 1. The molecule has 1 amide bonds. The molecular weight excluding hydrogens is 376 g/mol. The molecule has 7 nitrogen and oxygen atoms in total. The molecule has 0 radical (unpaired) electrons. The summed E-state index contributed by atoms with van der Waals surface area (Å²) in [6.07, 6.45) is 3.58. The third-order valence-corrected chi connectivity index (χ3v) is 5.01. The lowest BCUT2D eigenvalue weighted by Gasteiger charge is -2.08. The third kappa shape index (κ3) is 3.41. The summed E-state index contributed by atoms with van der Waals surface area (Å²) in [5.74, 6) is 1.08. The maximum atomic E-state index is 12.6. The lowest BCUT2D eigenvalue weighted by atomic mass is 10.1. The van der Waals surface area contributed by atoms with Gasteiger partial charge < -0.3 is 13.9 Å². The second kappa shape index (κ2) is 7.32. The highest BCUT2D eigenvalue weighted by Gasteiger charge is 2.15. The number of aromatic nitrogens is 3. The van der Waals surface area contributed by atoms with Gasteiger partial charge >= 0.3 is 0 Å². The number of rotatable bonds is 5. The van der Waals surface area contributed by atoms with Crippen molar-refractivity contribution in [1.82, 2.24) is 14.4 Å². The number of hydrogen-bond donors (Lipinski definition) is 1. The number of carbonyl (C=O) groups excluding carboxylic acids is 1. The SMILES string of the molecule is COc1ccc(OC)c(-c2csc(NC(=O)c3cn4ccc(C)cc4n3)n2)c1. The number of imidazole rings is 1. The van der Waals surface area contributed by atoms with Gasteiger partial charge in [0.2, 0.25) is 0 Å². The summed E-state index contributed by atoms with van der Waals surface area (Å²) in [5.41, 5.74) is 3.64. The summed E-state index contributed by atoms with van der Waals surface area (Å²) < 4.78 is 12.5. The molecule has 142 valence electrons. The van der Waals surface area contributed by atoms with Crippen LogP contribution in [0.5, 0.6) is 11.5 Å². The lowest BCUT2D eigenvalue weighted by molar-refractivity contribution is 0.102. The van der Waals surface area contributed by atoms with Crippen molar-refractivity contribution in [3.63, 3.8) is 0 Å². The van der Waals surface area contributed by atoms with E-state index in [-0.39, 0.29) is 5.91 Å². The Labute approximate surface area is 165 Å². The molecule has 0 bridgehead atoms. The zero-order valence-corrected chi connectivity index (χ0v) is 16.4. The molecule has 0 aliphatic rings. The van der Waals surface area contributed by atoms with Crippen molar-refractivity contribution in [1.29, 1.82) is 0 Å². The fraction of sp³-hybridized carbons (Fsp3) is 0.150. The molecule has 1 aromatic carbocycles. The Morgan fingerprint density at radius 2 is 2.00 bits per heavy atom. The molecule has 8 heteroatoms. The van der Waals surface area contributed by atoms with Crippen LogP contribution in [0, 0.1) is 6.92 Å². The molecular formula is C20H18N4O3S. The first kappa shape index (κ1) is 18.0. The third-order valence-electron chi connectivity index (χ3n) is 4.26. The number of anilines is 1. The molecule has 0 spiro atoms. The van der Waals surface area contributed by atoms with Crippen molar-refractivity contribution in [3.05, 3.63) is 59.4 Å². The monoisotopic (exact) mass is 394 g/mol. The summed E-state index contributed by atoms with van der Waals surface area (Å²) in [6, 6.07) is 9.38. The number of hydrogen-bond acceptors (Lipinski definition) is 6. The summed E-state index contributed by atoms with van der Waals surface area (Å²) in [7, 11) is 3.21. The van der Waals surface area contributed by atoms with E-state index in [1.54, 1.807) is 20.4 Å². The minimum absolute atomic E-state index is 0.306. The maximum absolute atomic E-state index is 12.6. The van der Waals surface area contributed by atoms with Crippen LogP contribution in [-0.4, -0.2) is 34.5 Å². The number of ether oxygens (including phenoxy) is 2. The van der Waals surface area contributed by atoms with Gasteiger partial charge in [-0.3, -0.25) is 10.1 Å². The molecule has 0 aliphatic heterocycles. The second-order valence-corrected chi connectivity index (χ2v) is 7.01. The molecule has 3 aromatic heterocycles. The van der Waals surface area contributed by atoms with Gasteiger partial charge in [-0.2, -0.15) is 0 Å². The molecule has 0 fully saturated rings. The van der Waals surface area contributed by atoms with Crippen LogP contribution in [0.1, 0.15) is 16.1 Å². The smallest absolute Gasteiger partial charge is 0.277 e. The van der Waals surface area contributed by atoms with Crippen LogP contribution < -0.4 is 14.8 Å². The van der Waals surface area contributed by atoms with Crippen molar-refractivity contribution in [2.45, 2.75) is 6.92 Å². The van der Waals surface area contributed by atoms with E-state index in [0.717, 1.165) is 16.8 Å². The molecule has 0 aliphatic carbocycles. The molecule has 28 heavy (non-hydrogen) atoms. The number of aryl methyl sites for hydroxylation is 1. The standard InChI is InChI=1S/C20H18N4O3S/c1-12-6-7-24-10-15(21-18(24)8-12)19(25)23-20-22-16(11-28-20)14-9-13(26-2)4-5-17(14)27-3/h4-11H,1-3H3,(H,22,23,25). The highest BCUT2D eigenvalue weighted by molar-refractivity contribution is 7.14. The Hall–Kier alpha value is -3.39. The van der Waals surface area contributed by atoms with E-state index < -0.39 is 0 Å². The summed E-state index contributed by atoms with van der Waals surface area (Å²) in [6.45, 7) is 1.98. The molecule has 0 unspecified atom stereocenters. The van der Waals surface area contributed by atoms with Crippen molar-refractivity contribution in [2.24, 2.45) is 0 Å². The Morgan fingerprint density at radius 3 is 2.79 bits per heavy atom. The fourth-order valence-corrected chi connectivity index (χ4v) is 3.53. The number of nitrogens with zero attached hydrogens (tertiary/aromatic N) is 3. The van der Waals surface area contributed by atoms with Crippen LogP contribution in [0.4, 0.5) is 5.13 Å². The molecule has 0 saturated carbocycles. The van der Waals surface area contributed by atoms with E-state index in [0.29, 0.717) is 28.0 Å². The Balaban J connectivity index is 1.58. The van der Waals surface area contributed by atoms with Gasteiger partial charge in [-0.15, -0.1) is 11.3 Å². The Morgan fingerprint density at radius 1 is 1.14 bits per heavy atom. The molecule has 0 atom stereocenters. The van der Waals surface area contributed by atoms with Crippen LogP contribution in [0.25, 0.3) is 16.9 Å². The highest BCUT2D eigenvalue weighted by atomic mass is 32.1. The Bertz CT molecular complexity index is 1170. The topological polar surface area (TPSA) is 77.8 Å². The van der Waals surface area contributed by atoms with E-state index >= 15 is 0 Å². The predicted molar refractivity (Wildman–Crippen MR) is 109 cm³/mol. The van der Waals surface area contributed by atoms with Gasteiger partial charge in [-0.05, 0) is 42.8 Å². The number of thiazole rings is 1. The van der Waals surface area contributed by atoms with E-state index in [2.05, 4.69) is 15.3 Å². The first-order chi connectivity index (χ1) is 13.6. The fourth-order valence-electron chi connectivity index (χ4n) is 2.82. The van der Waals surface area contributed by atoms with Crippen LogP contribution in [0.3, 0.4) is 0 Å². The van der Waals surface area contributed by atoms with Crippen molar-refractivity contribution in [3.8, 4) is 22.8 Å². The number of methoxy groups -OCH3 is 2. The minimum atomic E-state index is -0.306. The van der Waals surface area contributed by atoms with Crippen LogP contribution in [0.15, 0.2) is 48.1 Å². The molecule has 1 N–H and O–H groups in total. The lowest BCUT2D eigenvalue weighted by Crippen LogP contribution is -2.12. The van der Waals surface area contributed by atoms with E-state index in [9.17, 15) is 4.79 Å². The van der Waals surface area contributed by atoms with Gasteiger partial charge in [0.1, 0.15) is 22.8 Å². The van der Waals surface area contributed by atoms with Gasteiger partial charge in [0.25, 0.3) is 5.91 Å². The molecule has 4 aromatic rings. The number of pyridine rings is 1. The van der Waals surface area contributed by atoms with Gasteiger partial charge in [0.15, 0.2) is 5.13 Å². The van der Waals surface area contributed by atoms with Crippen molar-refractivity contribution >= 4 is 28.0 Å². The number of fused-ring (bicyclic) bond motifs is 1. The van der Waals surface area contributed by atoms with E-state index in [1.807, 2.05) is 53.2 Å².